The molecule has 1 saturated heterocycles. The van der Waals surface area contributed by atoms with E-state index in [1.165, 1.54) is 22.5 Å². The lowest BCUT2D eigenvalue weighted by Crippen LogP contribution is -2.36. The van der Waals surface area contributed by atoms with Gasteiger partial charge in [0.25, 0.3) is 0 Å². The first kappa shape index (κ1) is 18.7. The van der Waals surface area contributed by atoms with E-state index in [0.29, 0.717) is 5.13 Å². The molecule has 146 valence electrons. The van der Waals surface area contributed by atoms with Crippen molar-refractivity contribution in [3.05, 3.63) is 64.8 Å². The number of ether oxygens (including phenoxy) is 2. The fourth-order valence-electron chi connectivity index (χ4n) is 3.44. The molecule has 1 aliphatic rings. The van der Waals surface area contributed by atoms with Crippen molar-refractivity contribution in [3.8, 4) is 5.75 Å². The van der Waals surface area contributed by atoms with Crippen molar-refractivity contribution in [2.45, 2.75) is 12.3 Å². The molecule has 1 aromatic carbocycles. The largest absolute Gasteiger partial charge is 0.497 e. The van der Waals surface area contributed by atoms with Gasteiger partial charge < -0.3 is 20.1 Å². The number of pyridine rings is 1. The van der Waals surface area contributed by atoms with Crippen LogP contribution in [0.1, 0.15) is 22.7 Å². The Morgan fingerprint density at radius 2 is 1.96 bits per heavy atom. The molecule has 1 fully saturated rings. The molecule has 0 saturated carbocycles. The van der Waals surface area contributed by atoms with Crippen LogP contribution in [0.4, 0.5) is 10.9 Å². The summed E-state index contributed by atoms with van der Waals surface area (Å²) in [7, 11) is 1.68. The Balaban J connectivity index is 1.56. The van der Waals surface area contributed by atoms with Crippen LogP contribution in [0.3, 0.4) is 0 Å². The minimum atomic E-state index is 0.121. The second-order valence-corrected chi connectivity index (χ2v) is 7.65. The summed E-state index contributed by atoms with van der Waals surface area (Å²) >= 11 is 1.47. The van der Waals surface area contributed by atoms with E-state index in [0.717, 1.165) is 50.0 Å². The van der Waals surface area contributed by atoms with Gasteiger partial charge in [0.2, 0.25) is 0 Å². The standard InChI is InChI=1S/C21H24N4O2S/c1-26-17-5-3-16(4-6-17)18(19-14-28-21(22)24-19)12-15-2-7-20(23-13-15)25-8-10-27-11-9-25/h2-7,13-14,18H,8-12H2,1H3,(H2,22,24). The first-order valence-electron chi connectivity index (χ1n) is 9.35. The molecule has 1 unspecified atom stereocenters. The Bertz CT molecular complexity index is 890. The van der Waals surface area contributed by atoms with Gasteiger partial charge in [0, 0.05) is 30.6 Å². The Kier molecular flexibility index (Phi) is 5.73. The summed E-state index contributed by atoms with van der Waals surface area (Å²) in [5.41, 5.74) is 9.24. The van der Waals surface area contributed by atoms with E-state index in [2.05, 4.69) is 39.1 Å². The molecule has 3 heterocycles. The van der Waals surface area contributed by atoms with Gasteiger partial charge in [-0.15, -0.1) is 11.3 Å². The zero-order valence-corrected chi connectivity index (χ0v) is 16.7. The van der Waals surface area contributed by atoms with Gasteiger partial charge in [0.1, 0.15) is 11.6 Å². The third-order valence-electron chi connectivity index (χ3n) is 5.00. The number of hydrogen-bond acceptors (Lipinski definition) is 7. The molecular formula is C21H24N4O2S. The average molecular weight is 397 g/mol. The molecule has 1 atom stereocenters. The van der Waals surface area contributed by atoms with Gasteiger partial charge in [-0.05, 0) is 35.7 Å². The lowest BCUT2D eigenvalue weighted by Gasteiger charge is -2.27. The Morgan fingerprint density at radius 1 is 1.18 bits per heavy atom. The summed E-state index contributed by atoms with van der Waals surface area (Å²) in [5, 5.41) is 2.63. The van der Waals surface area contributed by atoms with Crippen LogP contribution in [0.2, 0.25) is 0 Å². The molecule has 2 aromatic heterocycles. The van der Waals surface area contributed by atoms with Crippen LogP contribution in [0.5, 0.6) is 5.75 Å². The molecule has 1 aliphatic heterocycles. The number of rotatable bonds is 6. The van der Waals surface area contributed by atoms with Crippen LogP contribution in [-0.4, -0.2) is 43.4 Å². The van der Waals surface area contributed by atoms with Crippen molar-refractivity contribution >= 4 is 22.3 Å². The second-order valence-electron chi connectivity index (χ2n) is 6.76. The molecule has 28 heavy (non-hydrogen) atoms. The maximum absolute atomic E-state index is 5.90. The van der Waals surface area contributed by atoms with Crippen LogP contribution in [0, 0.1) is 0 Å². The molecule has 4 rings (SSSR count). The molecule has 0 bridgehead atoms. The van der Waals surface area contributed by atoms with Gasteiger partial charge in [-0.2, -0.15) is 0 Å². The van der Waals surface area contributed by atoms with Gasteiger partial charge in [-0.3, -0.25) is 0 Å². The van der Waals surface area contributed by atoms with Gasteiger partial charge in [0.15, 0.2) is 5.13 Å². The van der Waals surface area contributed by atoms with E-state index in [9.17, 15) is 0 Å². The highest BCUT2D eigenvalue weighted by Crippen LogP contribution is 2.31. The first-order valence-corrected chi connectivity index (χ1v) is 10.2. The van der Waals surface area contributed by atoms with Crippen LogP contribution in [-0.2, 0) is 11.2 Å². The third kappa shape index (κ3) is 4.26. The normalized spacial score (nSPS) is 15.4. The average Bonchev–Trinajstić information content (AvgIpc) is 3.19. The van der Waals surface area contributed by atoms with Crippen molar-refractivity contribution in [1.82, 2.24) is 9.97 Å². The molecule has 6 nitrogen and oxygen atoms in total. The summed E-state index contributed by atoms with van der Waals surface area (Å²) in [6.45, 7) is 3.29. The zero-order valence-electron chi connectivity index (χ0n) is 15.9. The lowest BCUT2D eigenvalue weighted by molar-refractivity contribution is 0.122. The van der Waals surface area contributed by atoms with E-state index in [4.69, 9.17) is 15.2 Å². The number of nitrogen functional groups attached to an aromatic ring is 1. The summed E-state index contributed by atoms with van der Waals surface area (Å²) in [4.78, 5) is 11.5. The second kappa shape index (κ2) is 8.58. The summed E-state index contributed by atoms with van der Waals surface area (Å²) in [6, 6.07) is 12.4. The van der Waals surface area contributed by atoms with Crippen LogP contribution >= 0.6 is 11.3 Å². The summed E-state index contributed by atoms with van der Waals surface area (Å²) in [5.74, 6) is 1.97. The number of nitrogens with two attached hydrogens (primary N) is 1. The Hall–Kier alpha value is -2.64. The number of morpholine rings is 1. The Labute approximate surface area is 169 Å². The molecule has 0 amide bonds. The van der Waals surface area contributed by atoms with Gasteiger partial charge in [-0.1, -0.05) is 18.2 Å². The zero-order chi connectivity index (χ0) is 19.3. The topological polar surface area (TPSA) is 73.5 Å². The van der Waals surface area contributed by atoms with Crippen molar-refractivity contribution < 1.29 is 9.47 Å². The van der Waals surface area contributed by atoms with Gasteiger partial charge in [0.05, 0.1) is 26.0 Å². The van der Waals surface area contributed by atoms with E-state index < -0.39 is 0 Å². The fourth-order valence-corrected chi connectivity index (χ4v) is 4.06. The number of thiazole rings is 1. The van der Waals surface area contributed by atoms with Crippen LogP contribution in [0.15, 0.2) is 48.0 Å². The molecule has 2 N–H and O–H groups in total. The number of benzene rings is 1. The van der Waals surface area contributed by atoms with Crippen molar-refractivity contribution in [2.75, 3.05) is 44.0 Å². The highest BCUT2D eigenvalue weighted by Gasteiger charge is 2.19. The summed E-state index contributed by atoms with van der Waals surface area (Å²) in [6.07, 6.45) is 2.78. The highest BCUT2D eigenvalue weighted by molar-refractivity contribution is 7.13. The van der Waals surface area contributed by atoms with E-state index >= 15 is 0 Å². The monoisotopic (exact) mass is 396 g/mol. The van der Waals surface area contributed by atoms with Crippen LogP contribution in [0.25, 0.3) is 0 Å². The SMILES string of the molecule is COc1ccc(C(Cc2ccc(N3CCOCC3)nc2)c2csc(N)n2)cc1. The quantitative estimate of drug-likeness (QED) is 0.689. The maximum atomic E-state index is 5.90. The maximum Gasteiger partial charge on any atom is 0.180 e. The first-order chi connectivity index (χ1) is 13.7. The van der Waals surface area contributed by atoms with Crippen molar-refractivity contribution in [2.24, 2.45) is 0 Å². The molecule has 3 aromatic rings. The molecule has 0 radical (unpaired) electrons. The smallest absolute Gasteiger partial charge is 0.180 e. The molecule has 0 aliphatic carbocycles. The predicted molar refractivity (Wildman–Crippen MR) is 112 cm³/mol. The minimum Gasteiger partial charge on any atom is -0.497 e. The Morgan fingerprint density at radius 3 is 2.57 bits per heavy atom. The van der Waals surface area contributed by atoms with Crippen molar-refractivity contribution in [3.63, 3.8) is 0 Å². The third-order valence-corrected chi connectivity index (χ3v) is 5.69. The van der Waals surface area contributed by atoms with E-state index in [1.54, 1.807) is 7.11 Å². The minimum absolute atomic E-state index is 0.121. The summed E-state index contributed by atoms with van der Waals surface area (Å²) < 4.78 is 10.7. The predicted octanol–water partition coefficient (Wildman–Crippen LogP) is 3.34. The number of anilines is 2. The van der Waals surface area contributed by atoms with Gasteiger partial charge in [-0.25, -0.2) is 9.97 Å². The number of methoxy groups -OCH3 is 1. The lowest BCUT2D eigenvalue weighted by atomic mass is 9.90. The van der Waals surface area contributed by atoms with Gasteiger partial charge >= 0.3 is 0 Å². The fraction of sp³-hybridized carbons (Fsp3) is 0.333. The van der Waals surface area contributed by atoms with Crippen molar-refractivity contribution in [1.29, 1.82) is 0 Å². The van der Waals surface area contributed by atoms with Crippen LogP contribution < -0.4 is 15.4 Å². The molecule has 0 spiro atoms. The number of nitrogens with zero attached hydrogens (tertiary/aromatic N) is 3. The number of aromatic nitrogens is 2. The van der Waals surface area contributed by atoms with E-state index in [-0.39, 0.29) is 5.92 Å². The molecule has 7 heteroatoms. The highest BCUT2D eigenvalue weighted by atomic mass is 32.1. The molecular weight excluding hydrogens is 372 g/mol. The van der Waals surface area contributed by atoms with E-state index in [1.807, 2.05) is 23.7 Å². The number of hydrogen-bond donors (Lipinski definition) is 1.